The fraction of sp³-hybridized carbons (Fsp3) is 0.538. The predicted molar refractivity (Wildman–Crippen MR) is 64.0 cm³/mol. The zero-order valence-corrected chi connectivity index (χ0v) is 10.2. The number of aryl methyl sites for hydroxylation is 1. The molecule has 0 spiro atoms. The second-order valence-electron chi connectivity index (χ2n) is 3.79. The Morgan fingerprint density at radius 1 is 1.38 bits per heavy atom. The third-order valence-corrected chi connectivity index (χ3v) is 2.47. The fourth-order valence-corrected chi connectivity index (χ4v) is 1.66. The molecule has 0 amide bonds. The summed E-state index contributed by atoms with van der Waals surface area (Å²) in [4.78, 5) is 0. The molecule has 3 heteroatoms. The van der Waals surface area contributed by atoms with Crippen molar-refractivity contribution in [3.63, 3.8) is 0 Å². The molecular weight excluding hydrogens is 205 g/mol. The fourth-order valence-electron chi connectivity index (χ4n) is 1.66. The van der Waals surface area contributed by atoms with Gasteiger partial charge >= 0.3 is 0 Å². The Labute approximate surface area is 96.8 Å². The SMILES string of the molecule is CCNC(COCC)c1ccc(C)cc1F. The molecule has 0 aliphatic heterocycles. The first-order valence-corrected chi connectivity index (χ1v) is 5.76. The Balaban J connectivity index is 2.82. The molecule has 0 radical (unpaired) electrons. The van der Waals surface area contributed by atoms with E-state index in [0.29, 0.717) is 18.8 Å². The number of halogens is 1. The Kier molecular flexibility index (Phi) is 5.43. The monoisotopic (exact) mass is 225 g/mol. The molecule has 0 aliphatic carbocycles. The van der Waals surface area contributed by atoms with Crippen LogP contribution in [0.25, 0.3) is 0 Å². The van der Waals surface area contributed by atoms with Crippen molar-refractivity contribution < 1.29 is 9.13 Å². The molecule has 0 heterocycles. The van der Waals surface area contributed by atoms with Crippen LogP contribution >= 0.6 is 0 Å². The molecule has 1 N–H and O–H groups in total. The maximum atomic E-state index is 13.8. The van der Waals surface area contributed by atoms with E-state index in [0.717, 1.165) is 12.1 Å². The van der Waals surface area contributed by atoms with Crippen LogP contribution in [0.3, 0.4) is 0 Å². The number of rotatable bonds is 6. The average Bonchev–Trinajstić information content (AvgIpc) is 2.25. The van der Waals surface area contributed by atoms with Crippen LogP contribution in [0.4, 0.5) is 4.39 Å². The van der Waals surface area contributed by atoms with Crippen LogP contribution in [0, 0.1) is 12.7 Å². The molecule has 16 heavy (non-hydrogen) atoms. The summed E-state index contributed by atoms with van der Waals surface area (Å²) < 4.78 is 19.1. The third-order valence-electron chi connectivity index (χ3n) is 2.47. The minimum absolute atomic E-state index is 0.0643. The Bertz CT molecular complexity index is 328. The summed E-state index contributed by atoms with van der Waals surface area (Å²) in [6, 6.07) is 5.25. The van der Waals surface area contributed by atoms with Gasteiger partial charge in [0.2, 0.25) is 0 Å². The highest BCUT2D eigenvalue weighted by Gasteiger charge is 2.14. The van der Waals surface area contributed by atoms with E-state index in [1.165, 1.54) is 0 Å². The number of ether oxygens (including phenoxy) is 1. The first-order chi connectivity index (χ1) is 7.69. The quantitative estimate of drug-likeness (QED) is 0.803. The molecule has 90 valence electrons. The molecule has 1 unspecified atom stereocenters. The number of hydrogen-bond acceptors (Lipinski definition) is 2. The van der Waals surface area contributed by atoms with Crippen molar-refractivity contribution in [1.82, 2.24) is 5.32 Å². The highest BCUT2D eigenvalue weighted by atomic mass is 19.1. The Morgan fingerprint density at radius 2 is 2.12 bits per heavy atom. The van der Waals surface area contributed by atoms with E-state index in [9.17, 15) is 4.39 Å². The molecule has 0 aromatic heterocycles. The molecule has 0 aliphatic rings. The van der Waals surface area contributed by atoms with Crippen LogP contribution in [0.5, 0.6) is 0 Å². The smallest absolute Gasteiger partial charge is 0.128 e. The number of likely N-dealkylation sites (N-methyl/N-ethyl adjacent to an activating group) is 1. The van der Waals surface area contributed by atoms with Crippen LogP contribution in [-0.2, 0) is 4.74 Å². The predicted octanol–water partition coefficient (Wildman–Crippen LogP) is 2.82. The van der Waals surface area contributed by atoms with Gasteiger partial charge in [-0.15, -0.1) is 0 Å². The minimum atomic E-state index is -0.161. The summed E-state index contributed by atoms with van der Waals surface area (Å²) in [5.74, 6) is -0.161. The van der Waals surface area contributed by atoms with Crippen molar-refractivity contribution in [2.24, 2.45) is 0 Å². The van der Waals surface area contributed by atoms with E-state index >= 15 is 0 Å². The van der Waals surface area contributed by atoms with Gasteiger partial charge in [-0.25, -0.2) is 4.39 Å². The lowest BCUT2D eigenvalue weighted by atomic mass is 10.0. The maximum Gasteiger partial charge on any atom is 0.128 e. The highest BCUT2D eigenvalue weighted by molar-refractivity contribution is 5.26. The van der Waals surface area contributed by atoms with E-state index in [1.54, 1.807) is 6.07 Å². The van der Waals surface area contributed by atoms with Crippen molar-refractivity contribution in [2.45, 2.75) is 26.8 Å². The lowest BCUT2D eigenvalue weighted by Gasteiger charge is -2.19. The maximum absolute atomic E-state index is 13.8. The lowest BCUT2D eigenvalue weighted by molar-refractivity contribution is 0.122. The van der Waals surface area contributed by atoms with E-state index in [-0.39, 0.29) is 11.9 Å². The van der Waals surface area contributed by atoms with Gasteiger partial charge in [0.1, 0.15) is 5.82 Å². The lowest BCUT2D eigenvalue weighted by Crippen LogP contribution is -2.26. The Morgan fingerprint density at radius 3 is 2.69 bits per heavy atom. The summed E-state index contributed by atoms with van der Waals surface area (Å²) in [5.41, 5.74) is 1.62. The van der Waals surface area contributed by atoms with Crippen LogP contribution in [0.1, 0.15) is 31.0 Å². The van der Waals surface area contributed by atoms with Gasteiger partial charge in [0.15, 0.2) is 0 Å². The molecule has 0 fully saturated rings. The van der Waals surface area contributed by atoms with Gasteiger partial charge in [-0.05, 0) is 32.0 Å². The van der Waals surface area contributed by atoms with E-state index < -0.39 is 0 Å². The van der Waals surface area contributed by atoms with Crippen molar-refractivity contribution in [3.8, 4) is 0 Å². The van der Waals surface area contributed by atoms with Crippen LogP contribution in [0.15, 0.2) is 18.2 Å². The van der Waals surface area contributed by atoms with Crippen LogP contribution in [-0.4, -0.2) is 19.8 Å². The molecule has 1 atom stereocenters. The number of hydrogen-bond donors (Lipinski definition) is 1. The van der Waals surface area contributed by atoms with Gasteiger partial charge < -0.3 is 10.1 Å². The first-order valence-electron chi connectivity index (χ1n) is 5.76. The second-order valence-corrected chi connectivity index (χ2v) is 3.79. The number of benzene rings is 1. The van der Waals surface area contributed by atoms with E-state index in [4.69, 9.17) is 4.74 Å². The van der Waals surface area contributed by atoms with Crippen molar-refractivity contribution in [3.05, 3.63) is 35.1 Å². The van der Waals surface area contributed by atoms with Gasteiger partial charge in [0, 0.05) is 12.2 Å². The molecule has 1 aromatic carbocycles. The summed E-state index contributed by atoms with van der Waals surface area (Å²) >= 11 is 0. The largest absolute Gasteiger partial charge is 0.380 e. The minimum Gasteiger partial charge on any atom is -0.380 e. The Hall–Kier alpha value is -0.930. The van der Waals surface area contributed by atoms with Gasteiger partial charge in [0.25, 0.3) is 0 Å². The van der Waals surface area contributed by atoms with Crippen molar-refractivity contribution in [2.75, 3.05) is 19.8 Å². The van der Waals surface area contributed by atoms with Gasteiger partial charge in [-0.3, -0.25) is 0 Å². The second kappa shape index (κ2) is 6.61. The molecule has 0 saturated heterocycles. The molecule has 0 bridgehead atoms. The molecule has 1 aromatic rings. The normalized spacial score (nSPS) is 12.8. The summed E-state index contributed by atoms with van der Waals surface area (Å²) in [6.45, 7) is 7.78. The summed E-state index contributed by atoms with van der Waals surface area (Å²) in [7, 11) is 0. The van der Waals surface area contributed by atoms with Crippen LogP contribution in [0.2, 0.25) is 0 Å². The topological polar surface area (TPSA) is 21.3 Å². The average molecular weight is 225 g/mol. The highest BCUT2D eigenvalue weighted by Crippen LogP contribution is 2.18. The van der Waals surface area contributed by atoms with Crippen LogP contribution < -0.4 is 5.32 Å². The van der Waals surface area contributed by atoms with Gasteiger partial charge in [-0.1, -0.05) is 19.1 Å². The molecule has 0 saturated carbocycles. The van der Waals surface area contributed by atoms with Gasteiger partial charge in [0.05, 0.1) is 12.6 Å². The molecular formula is C13H20FNO. The zero-order chi connectivity index (χ0) is 12.0. The number of nitrogens with one attached hydrogen (secondary N) is 1. The summed E-state index contributed by atoms with van der Waals surface area (Å²) in [6.07, 6.45) is 0. The van der Waals surface area contributed by atoms with E-state index in [2.05, 4.69) is 5.32 Å². The van der Waals surface area contributed by atoms with Crippen molar-refractivity contribution in [1.29, 1.82) is 0 Å². The van der Waals surface area contributed by atoms with Crippen molar-refractivity contribution >= 4 is 0 Å². The zero-order valence-electron chi connectivity index (χ0n) is 10.2. The first kappa shape index (κ1) is 13.1. The molecule has 2 nitrogen and oxygen atoms in total. The standard InChI is InChI=1S/C13H20FNO/c1-4-15-13(9-16-5-2)11-7-6-10(3)8-12(11)14/h6-8,13,15H,4-5,9H2,1-3H3. The third kappa shape index (κ3) is 3.58. The van der Waals surface area contributed by atoms with E-state index in [1.807, 2.05) is 32.9 Å². The molecule has 1 rings (SSSR count). The summed E-state index contributed by atoms with van der Waals surface area (Å²) in [5, 5.41) is 3.23. The van der Waals surface area contributed by atoms with Gasteiger partial charge in [-0.2, -0.15) is 0 Å².